The second-order valence-corrected chi connectivity index (χ2v) is 9.00. The number of nitrogens with zero attached hydrogens (tertiary/aromatic N) is 4. The van der Waals surface area contributed by atoms with Gasteiger partial charge in [-0.2, -0.15) is 5.10 Å². The first-order valence-corrected chi connectivity index (χ1v) is 11.9. The largest absolute Gasteiger partial charge is 0.381 e. The zero-order chi connectivity index (χ0) is 24.2. The lowest BCUT2D eigenvalue weighted by Gasteiger charge is -2.22. The molecule has 35 heavy (non-hydrogen) atoms. The Kier molecular flexibility index (Phi) is 6.56. The van der Waals surface area contributed by atoms with E-state index in [9.17, 15) is 9.18 Å². The van der Waals surface area contributed by atoms with Crippen LogP contribution in [-0.2, 0) is 13.6 Å². The summed E-state index contributed by atoms with van der Waals surface area (Å²) in [6.45, 7) is 0.441. The van der Waals surface area contributed by atoms with Crippen LogP contribution in [0, 0.1) is 5.82 Å². The van der Waals surface area contributed by atoms with Crippen molar-refractivity contribution in [2.75, 3.05) is 10.6 Å². The van der Waals surface area contributed by atoms with Gasteiger partial charge in [0.15, 0.2) is 0 Å². The number of amides is 2. The summed E-state index contributed by atoms with van der Waals surface area (Å²) in [6.07, 6.45) is 10.8. The van der Waals surface area contributed by atoms with Gasteiger partial charge in [-0.15, -0.1) is 0 Å². The average molecular weight is 474 g/mol. The summed E-state index contributed by atoms with van der Waals surface area (Å²) in [5.74, 6) is -0.0363. The number of fused-ring (bicyclic) bond motifs is 1. The normalized spacial score (nSPS) is 14.1. The number of aryl methyl sites for hydroxylation is 1. The summed E-state index contributed by atoms with van der Waals surface area (Å²) in [5.41, 5.74) is 3.99. The fourth-order valence-corrected chi connectivity index (χ4v) is 4.46. The molecule has 0 spiro atoms. The number of hydrogen-bond acceptors (Lipinski definition) is 5. The topological polar surface area (TPSA) is 96.8 Å². The molecular weight excluding hydrogens is 445 g/mol. The molecule has 8 nitrogen and oxygen atoms in total. The molecule has 4 aromatic rings. The molecule has 3 N–H and O–H groups in total. The molecule has 9 heteroatoms. The second kappa shape index (κ2) is 10.1. The van der Waals surface area contributed by atoms with Crippen LogP contribution in [0.5, 0.6) is 0 Å². The van der Waals surface area contributed by atoms with E-state index in [-0.39, 0.29) is 23.8 Å². The third-order valence-electron chi connectivity index (χ3n) is 6.24. The molecular formula is C26H28FN7O. The maximum Gasteiger partial charge on any atom is 0.321 e. The molecule has 2 aromatic carbocycles. The summed E-state index contributed by atoms with van der Waals surface area (Å²) in [6, 6.07) is 10.6. The highest BCUT2D eigenvalue weighted by Crippen LogP contribution is 2.23. The van der Waals surface area contributed by atoms with Gasteiger partial charge in [0.2, 0.25) is 5.95 Å². The minimum absolute atomic E-state index is 0.210. The SMILES string of the molecule is Cn1cc(-c2cc(F)cc(CNc3ccc4cnc(NC(=O)NC5CCCCC5)nc4c3)c2)cn1. The quantitative estimate of drug-likeness (QED) is 0.356. The number of carbonyl (C=O) groups excluding carboxylic acids is 1. The van der Waals surface area contributed by atoms with E-state index in [1.807, 2.05) is 37.5 Å². The van der Waals surface area contributed by atoms with Crippen LogP contribution in [0.3, 0.4) is 0 Å². The summed E-state index contributed by atoms with van der Waals surface area (Å²) in [5, 5.41) is 14.1. The van der Waals surface area contributed by atoms with Crippen molar-refractivity contribution in [2.24, 2.45) is 7.05 Å². The number of aromatic nitrogens is 4. The molecule has 0 aliphatic heterocycles. The summed E-state index contributed by atoms with van der Waals surface area (Å²) >= 11 is 0. The van der Waals surface area contributed by atoms with Gasteiger partial charge in [0.1, 0.15) is 5.82 Å². The van der Waals surface area contributed by atoms with Crippen LogP contribution in [0.4, 0.5) is 20.8 Å². The minimum Gasteiger partial charge on any atom is -0.381 e. The fraction of sp³-hybridized carbons (Fsp3) is 0.308. The lowest BCUT2D eigenvalue weighted by Crippen LogP contribution is -2.39. The van der Waals surface area contributed by atoms with Crippen molar-refractivity contribution < 1.29 is 9.18 Å². The first-order valence-electron chi connectivity index (χ1n) is 11.9. The Labute approximate surface area is 203 Å². The number of anilines is 2. The number of nitrogens with one attached hydrogen (secondary N) is 3. The number of urea groups is 1. The van der Waals surface area contributed by atoms with Crippen LogP contribution in [0.2, 0.25) is 0 Å². The molecule has 1 fully saturated rings. The molecule has 0 bridgehead atoms. The maximum absolute atomic E-state index is 14.2. The molecule has 2 aromatic heterocycles. The van der Waals surface area contributed by atoms with Gasteiger partial charge in [0, 0.05) is 48.7 Å². The van der Waals surface area contributed by atoms with Crippen molar-refractivity contribution in [2.45, 2.75) is 44.7 Å². The second-order valence-electron chi connectivity index (χ2n) is 9.00. The van der Waals surface area contributed by atoms with E-state index < -0.39 is 0 Å². The molecule has 1 aliphatic carbocycles. The highest BCUT2D eigenvalue weighted by atomic mass is 19.1. The third kappa shape index (κ3) is 5.74. The Balaban J connectivity index is 1.26. The van der Waals surface area contributed by atoms with Gasteiger partial charge in [-0.3, -0.25) is 10.00 Å². The van der Waals surface area contributed by atoms with E-state index in [4.69, 9.17) is 0 Å². The van der Waals surface area contributed by atoms with Crippen LogP contribution in [0.1, 0.15) is 37.7 Å². The highest BCUT2D eigenvalue weighted by Gasteiger charge is 2.16. The molecule has 180 valence electrons. The van der Waals surface area contributed by atoms with E-state index >= 15 is 0 Å². The molecule has 1 saturated carbocycles. The lowest BCUT2D eigenvalue weighted by atomic mass is 9.96. The molecule has 2 amide bonds. The Morgan fingerprint density at radius 3 is 2.74 bits per heavy atom. The summed E-state index contributed by atoms with van der Waals surface area (Å²) in [7, 11) is 1.83. The van der Waals surface area contributed by atoms with Crippen LogP contribution in [0.25, 0.3) is 22.0 Å². The molecule has 0 unspecified atom stereocenters. The van der Waals surface area contributed by atoms with Crippen molar-refractivity contribution in [3.63, 3.8) is 0 Å². The first kappa shape index (κ1) is 22.8. The van der Waals surface area contributed by atoms with Gasteiger partial charge >= 0.3 is 6.03 Å². The molecule has 0 radical (unpaired) electrons. The van der Waals surface area contributed by atoms with E-state index in [1.165, 1.54) is 18.6 Å². The molecule has 0 atom stereocenters. The summed E-state index contributed by atoms with van der Waals surface area (Å²) < 4.78 is 15.9. The van der Waals surface area contributed by atoms with Crippen molar-refractivity contribution in [1.82, 2.24) is 25.1 Å². The number of carbonyl (C=O) groups is 1. The van der Waals surface area contributed by atoms with Crippen molar-refractivity contribution in [3.8, 4) is 11.1 Å². The Bertz CT molecular complexity index is 1350. The first-order chi connectivity index (χ1) is 17.0. The van der Waals surface area contributed by atoms with Gasteiger partial charge < -0.3 is 10.6 Å². The smallest absolute Gasteiger partial charge is 0.321 e. The zero-order valence-corrected chi connectivity index (χ0v) is 19.6. The minimum atomic E-state index is -0.295. The van der Waals surface area contributed by atoms with Gasteiger partial charge in [0.05, 0.1) is 11.7 Å². The van der Waals surface area contributed by atoms with Crippen LogP contribution >= 0.6 is 0 Å². The van der Waals surface area contributed by atoms with Crippen molar-refractivity contribution in [1.29, 1.82) is 0 Å². The standard InChI is InChI=1S/C26H28FN7O/c1-34-16-20(15-30-34)19-9-17(10-21(27)11-19)13-28-23-8-7-18-14-29-25(32-24(18)12-23)33-26(35)31-22-5-3-2-4-6-22/h7-12,14-16,22,28H,2-6,13H2,1H3,(H2,29,31,32,33,35). The van der Waals surface area contributed by atoms with Crippen molar-refractivity contribution in [3.05, 3.63) is 66.4 Å². The Morgan fingerprint density at radius 2 is 1.94 bits per heavy atom. The van der Waals surface area contributed by atoms with Crippen LogP contribution < -0.4 is 16.0 Å². The summed E-state index contributed by atoms with van der Waals surface area (Å²) in [4.78, 5) is 21.1. The fourth-order valence-electron chi connectivity index (χ4n) is 4.46. The van der Waals surface area contributed by atoms with E-state index in [1.54, 1.807) is 17.1 Å². The monoisotopic (exact) mass is 473 g/mol. The maximum atomic E-state index is 14.2. The third-order valence-corrected chi connectivity index (χ3v) is 6.24. The Morgan fingerprint density at radius 1 is 1.09 bits per heavy atom. The Hall–Kier alpha value is -4.01. The predicted molar refractivity (Wildman–Crippen MR) is 134 cm³/mol. The molecule has 1 aliphatic rings. The van der Waals surface area contributed by atoms with E-state index in [0.29, 0.717) is 12.1 Å². The number of halogens is 1. The van der Waals surface area contributed by atoms with Gasteiger partial charge in [-0.1, -0.05) is 19.3 Å². The van der Waals surface area contributed by atoms with Gasteiger partial charge in [0.25, 0.3) is 0 Å². The van der Waals surface area contributed by atoms with E-state index in [2.05, 4.69) is 31.0 Å². The number of rotatable bonds is 6. The molecule has 2 heterocycles. The molecule has 0 saturated heterocycles. The van der Waals surface area contributed by atoms with Crippen molar-refractivity contribution >= 4 is 28.6 Å². The van der Waals surface area contributed by atoms with Crippen LogP contribution in [0.15, 0.2) is 55.0 Å². The lowest BCUT2D eigenvalue weighted by molar-refractivity contribution is 0.244. The van der Waals surface area contributed by atoms with Crippen LogP contribution in [-0.4, -0.2) is 31.8 Å². The average Bonchev–Trinajstić information content (AvgIpc) is 3.29. The zero-order valence-electron chi connectivity index (χ0n) is 19.6. The van der Waals surface area contributed by atoms with E-state index in [0.717, 1.165) is 53.4 Å². The molecule has 5 rings (SSSR count). The highest BCUT2D eigenvalue weighted by molar-refractivity contribution is 5.89. The van der Waals surface area contributed by atoms with Gasteiger partial charge in [-0.25, -0.2) is 19.2 Å². The predicted octanol–water partition coefficient (Wildman–Crippen LogP) is 5.24. The van der Waals surface area contributed by atoms with Gasteiger partial charge in [-0.05, 0) is 60.4 Å². The number of benzene rings is 2. The number of hydrogen-bond donors (Lipinski definition) is 3.